The molecule has 14 nitrogen and oxygen atoms in total. The molecule has 2 saturated heterocycles. The Balaban J connectivity index is 0.000000195. The first-order valence-corrected chi connectivity index (χ1v) is 15.9. The van der Waals surface area contributed by atoms with Crippen molar-refractivity contribution in [1.82, 2.24) is 9.13 Å². The number of aliphatic carboxylic acids is 1. The molecule has 0 radical (unpaired) electrons. The lowest BCUT2D eigenvalue weighted by Gasteiger charge is -2.16. The first-order chi connectivity index (χ1) is 24.2. The number of fused-ring (bicyclic) bond motifs is 2. The molecule has 2 aromatic heterocycles. The predicted molar refractivity (Wildman–Crippen MR) is 183 cm³/mol. The maximum absolute atomic E-state index is 12.7. The van der Waals surface area contributed by atoms with Gasteiger partial charge in [0.1, 0.15) is 11.5 Å². The monoisotopic (exact) mass is 690 g/mol. The Kier molecular flexibility index (Phi) is 12.2. The van der Waals surface area contributed by atoms with Gasteiger partial charge in [-0.25, -0.2) is 9.59 Å². The van der Waals surface area contributed by atoms with Crippen molar-refractivity contribution < 1.29 is 47.9 Å². The van der Waals surface area contributed by atoms with Gasteiger partial charge in [0.2, 0.25) is 0 Å². The Hall–Kier alpha value is -5.28. The van der Waals surface area contributed by atoms with E-state index in [2.05, 4.69) is 0 Å². The van der Waals surface area contributed by atoms with Gasteiger partial charge in [0.25, 0.3) is 11.1 Å². The average molecular weight is 691 g/mol. The van der Waals surface area contributed by atoms with Crippen molar-refractivity contribution in [2.75, 3.05) is 47.3 Å². The minimum absolute atomic E-state index is 0.214. The Morgan fingerprint density at radius 3 is 1.58 bits per heavy atom. The largest absolute Gasteiger partial charge is 0.497 e. The summed E-state index contributed by atoms with van der Waals surface area (Å²) >= 11 is 0. The number of carbonyl (C=O) groups excluding carboxylic acids is 1. The van der Waals surface area contributed by atoms with Crippen LogP contribution in [0.4, 0.5) is 0 Å². The van der Waals surface area contributed by atoms with E-state index in [4.69, 9.17) is 38.3 Å². The van der Waals surface area contributed by atoms with Gasteiger partial charge in [-0.3, -0.25) is 9.59 Å². The smallest absolute Gasteiger partial charge is 0.330 e. The van der Waals surface area contributed by atoms with Crippen molar-refractivity contribution in [3.63, 3.8) is 0 Å². The summed E-state index contributed by atoms with van der Waals surface area (Å²) in [5.74, 6) is -0.298. The number of carbonyl (C=O) groups is 2. The van der Waals surface area contributed by atoms with Crippen LogP contribution in [0.25, 0.3) is 34.0 Å². The molecule has 4 heterocycles. The van der Waals surface area contributed by atoms with Crippen molar-refractivity contribution in [3.05, 3.63) is 92.5 Å². The highest BCUT2D eigenvalue weighted by molar-refractivity contribution is 5.94. The Morgan fingerprint density at radius 2 is 1.18 bits per heavy atom. The minimum Gasteiger partial charge on any atom is -0.497 e. The maximum atomic E-state index is 12.7. The Bertz CT molecular complexity index is 2020. The molecule has 0 atom stereocenters. The van der Waals surface area contributed by atoms with Gasteiger partial charge < -0.3 is 47.4 Å². The number of hydrogen-bond acceptors (Lipinski definition) is 11. The van der Waals surface area contributed by atoms with Crippen LogP contribution in [-0.4, -0.2) is 86.0 Å². The quantitative estimate of drug-likeness (QED) is 0.181. The number of hydrogen-bond donors (Lipinski definition) is 1. The molecule has 264 valence electrons. The van der Waals surface area contributed by atoms with Crippen molar-refractivity contribution in [3.8, 4) is 11.5 Å². The van der Waals surface area contributed by atoms with Gasteiger partial charge >= 0.3 is 11.9 Å². The van der Waals surface area contributed by atoms with E-state index in [0.29, 0.717) is 66.7 Å². The van der Waals surface area contributed by atoms with Gasteiger partial charge in [0.15, 0.2) is 12.6 Å². The third-order valence-corrected chi connectivity index (χ3v) is 7.84. The van der Waals surface area contributed by atoms with E-state index >= 15 is 0 Å². The summed E-state index contributed by atoms with van der Waals surface area (Å²) in [5, 5.41) is 10.4. The van der Waals surface area contributed by atoms with Gasteiger partial charge in [-0.15, -0.1) is 0 Å². The van der Waals surface area contributed by atoms with Crippen molar-refractivity contribution in [2.24, 2.45) is 0 Å². The summed E-state index contributed by atoms with van der Waals surface area (Å²) in [7, 11) is 3.11. The fourth-order valence-electron chi connectivity index (χ4n) is 5.51. The summed E-state index contributed by atoms with van der Waals surface area (Å²) in [6.07, 6.45) is 4.38. The second kappa shape index (κ2) is 16.9. The minimum atomic E-state index is -1.08. The lowest BCUT2D eigenvalue weighted by Crippen LogP contribution is -2.27. The highest BCUT2D eigenvalue weighted by Crippen LogP contribution is 2.26. The summed E-state index contributed by atoms with van der Waals surface area (Å²) in [4.78, 5) is 47.5. The molecule has 2 aliphatic rings. The van der Waals surface area contributed by atoms with Crippen LogP contribution in [0.1, 0.15) is 18.1 Å². The fourth-order valence-corrected chi connectivity index (χ4v) is 5.51. The Labute approximate surface area is 286 Å². The van der Waals surface area contributed by atoms with Crippen LogP contribution in [0.3, 0.4) is 0 Å². The molecule has 0 saturated carbocycles. The number of benzene rings is 2. The average Bonchev–Trinajstić information content (AvgIpc) is 3.84. The first kappa shape index (κ1) is 36.0. The van der Waals surface area contributed by atoms with E-state index in [-0.39, 0.29) is 24.2 Å². The zero-order valence-corrected chi connectivity index (χ0v) is 27.9. The number of rotatable bonds is 11. The molecule has 2 aliphatic heterocycles. The molecule has 2 aromatic carbocycles. The molecule has 1 N–H and O–H groups in total. The van der Waals surface area contributed by atoms with E-state index in [1.807, 2.05) is 6.07 Å². The van der Waals surface area contributed by atoms with Gasteiger partial charge in [-0.05, 0) is 54.5 Å². The number of methoxy groups -OCH3 is 2. The van der Waals surface area contributed by atoms with E-state index in [1.54, 1.807) is 66.7 Å². The highest BCUT2D eigenvalue weighted by atomic mass is 16.7. The van der Waals surface area contributed by atoms with E-state index in [9.17, 15) is 19.2 Å². The number of carboxylic acid groups (broad SMARTS) is 1. The third kappa shape index (κ3) is 8.84. The van der Waals surface area contributed by atoms with Crippen LogP contribution >= 0.6 is 0 Å². The second-order valence-electron chi connectivity index (χ2n) is 11.0. The highest BCUT2D eigenvalue weighted by Gasteiger charge is 2.20. The SMILES string of the molecule is CCOC(=O)/C=C/c1cc(=O)n(CC2OCCO2)c2cc(OC)ccc12.COc1ccc2c(/C=C/C(=O)O)cc(=O)n(CC3OCCO3)c2c1. The van der Waals surface area contributed by atoms with Gasteiger partial charge in [-0.1, -0.05) is 0 Å². The lowest BCUT2D eigenvalue weighted by molar-refractivity contribution is -0.137. The maximum Gasteiger partial charge on any atom is 0.330 e. The van der Waals surface area contributed by atoms with Crippen LogP contribution in [0.15, 0.2) is 70.3 Å². The van der Waals surface area contributed by atoms with Crippen LogP contribution in [0.2, 0.25) is 0 Å². The molecule has 0 unspecified atom stereocenters. The molecule has 0 spiro atoms. The molecular formula is C36H38N2O12. The molecular weight excluding hydrogens is 652 g/mol. The van der Waals surface area contributed by atoms with Crippen LogP contribution in [-0.2, 0) is 46.4 Å². The van der Waals surface area contributed by atoms with Crippen LogP contribution in [0, 0.1) is 0 Å². The van der Waals surface area contributed by atoms with Crippen molar-refractivity contribution in [1.29, 1.82) is 0 Å². The Morgan fingerprint density at radius 1 is 0.740 bits per heavy atom. The number of pyridine rings is 2. The molecule has 2 fully saturated rings. The number of nitrogens with zero attached hydrogens (tertiary/aromatic N) is 2. The van der Waals surface area contributed by atoms with E-state index < -0.39 is 24.5 Å². The molecule has 0 bridgehead atoms. The first-order valence-electron chi connectivity index (χ1n) is 15.9. The number of aromatic nitrogens is 2. The van der Waals surface area contributed by atoms with Crippen LogP contribution < -0.4 is 20.6 Å². The number of ether oxygens (including phenoxy) is 7. The van der Waals surface area contributed by atoms with E-state index in [0.717, 1.165) is 16.8 Å². The van der Waals surface area contributed by atoms with Gasteiger partial charge in [0.05, 0.1) is 71.4 Å². The summed E-state index contributed by atoms with van der Waals surface area (Å²) in [6, 6.07) is 13.6. The van der Waals surface area contributed by atoms with Crippen LogP contribution in [0.5, 0.6) is 11.5 Å². The van der Waals surface area contributed by atoms with Crippen molar-refractivity contribution >= 4 is 45.9 Å². The third-order valence-electron chi connectivity index (χ3n) is 7.84. The lowest BCUT2D eigenvalue weighted by atomic mass is 10.1. The standard InChI is InChI=1S/C19H21NO6.C17H17NO6/c1-3-24-18(22)7-4-13-10-17(21)20(12-19-25-8-9-26-19)16-11-14(23-2)5-6-15(13)16;1-22-12-3-4-13-11(2-5-16(20)21)8-15(19)18(14(13)9-12)10-17-23-6-7-24-17/h4-7,10-11,19H,3,8-9,12H2,1-2H3;2-5,8-9,17H,6-7,10H2,1H3,(H,20,21)/b7-4+;5-2+. The molecule has 4 aromatic rings. The number of esters is 1. The molecule has 50 heavy (non-hydrogen) atoms. The van der Waals surface area contributed by atoms with Gasteiger partial charge in [-0.2, -0.15) is 0 Å². The second-order valence-corrected chi connectivity index (χ2v) is 11.0. The zero-order chi connectivity index (χ0) is 35.6. The molecule has 0 amide bonds. The van der Waals surface area contributed by atoms with Gasteiger partial charge in [0, 0.05) is 47.2 Å². The van der Waals surface area contributed by atoms with E-state index in [1.165, 1.54) is 24.3 Å². The molecule has 0 aliphatic carbocycles. The topological polar surface area (TPSA) is 163 Å². The fraction of sp³-hybridized carbons (Fsp3) is 0.333. The molecule has 14 heteroatoms. The summed E-state index contributed by atoms with van der Waals surface area (Å²) in [6.45, 7) is 4.60. The zero-order valence-electron chi connectivity index (χ0n) is 27.9. The normalized spacial score (nSPS) is 15.2. The number of carboxylic acids is 1. The summed E-state index contributed by atoms with van der Waals surface area (Å²) < 4.78 is 40.3. The summed E-state index contributed by atoms with van der Waals surface area (Å²) in [5.41, 5.74) is 1.99. The predicted octanol–water partition coefficient (Wildman–Crippen LogP) is 3.44. The van der Waals surface area contributed by atoms with Crippen molar-refractivity contribution in [2.45, 2.75) is 32.6 Å². The molecule has 6 rings (SSSR count).